The molecule has 0 radical (unpaired) electrons. The quantitative estimate of drug-likeness (QED) is 0.774. The zero-order chi connectivity index (χ0) is 17.5. The van der Waals surface area contributed by atoms with Crippen molar-refractivity contribution in [1.82, 2.24) is 5.32 Å². The summed E-state index contributed by atoms with van der Waals surface area (Å²) in [5.74, 6) is 0.0117. The smallest absolute Gasteiger partial charge is 0.252 e. The van der Waals surface area contributed by atoms with E-state index < -0.39 is 0 Å². The van der Waals surface area contributed by atoms with Crippen molar-refractivity contribution in [2.45, 2.75) is 33.6 Å². The van der Waals surface area contributed by atoms with E-state index in [2.05, 4.69) is 11.4 Å². The van der Waals surface area contributed by atoms with Gasteiger partial charge in [-0.15, -0.1) is 0 Å². The number of carbonyl (C=O) groups is 2. The summed E-state index contributed by atoms with van der Waals surface area (Å²) in [5.41, 5.74) is 3.93. The number of nitrogens with one attached hydrogen (secondary N) is 1. The monoisotopic (exact) mass is 344 g/mol. The molecule has 0 unspecified atom stereocenters. The Morgan fingerprint density at radius 2 is 1.88 bits per heavy atom. The average molecular weight is 344 g/mol. The second-order valence-corrected chi connectivity index (χ2v) is 6.64. The van der Waals surface area contributed by atoms with Gasteiger partial charge in [0.2, 0.25) is 5.91 Å². The van der Waals surface area contributed by atoms with Gasteiger partial charge in [-0.05, 0) is 61.9 Å². The van der Waals surface area contributed by atoms with Crippen molar-refractivity contribution in [3.05, 3.63) is 51.7 Å². The first-order chi connectivity index (χ1) is 11.5. The van der Waals surface area contributed by atoms with Gasteiger partial charge in [0.15, 0.2) is 0 Å². The Balaban J connectivity index is 1.85. The molecule has 0 spiro atoms. The summed E-state index contributed by atoms with van der Waals surface area (Å²) in [6.07, 6.45) is 1.06. The van der Waals surface area contributed by atoms with E-state index in [1.54, 1.807) is 11.0 Å². The van der Waals surface area contributed by atoms with Crippen LogP contribution >= 0.6 is 11.3 Å². The van der Waals surface area contributed by atoms with Gasteiger partial charge in [-0.25, -0.2) is 0 Å². The fourth-order valence-electron chi connectivity index (χ4n) is 2.68. The molecule has 0 aliphatic rings. The molecule has 1 aromatic carbocycles. The Bertz CT molecular complexity index is 675. The fourth-order valence-corrected chi connectivity index (χ4v) is 3.32. The van der Waals surface area contributed by atoms with E-state index >= 15 is 0 Å². The van der Waals surface area contributed by atoms with Crippen molar-refractivity contribution in [3.8, 4) is 0 Å². The summed E-state index contributed by atoms with van der Waals surface area (Å²) in [4.78, 5) is 26.1. The van der Waals surface area contributed by atoms with E-state index in [4.69, 9.17) is 0 Å². The summed E-state index contributed by atoms with van der Waals surface area (Å²) in [6, 6.07) is 7.96. The molecule has 2 amide bonds. The first kappa shape index (κ1) is 18.2. The minimum atomic E-state index is -0.0784. The number of hydrogen-bond donors (Lipinski definition) is 1. The molecule has 4 nitrogen and oxygen atoms in total. The highest BCUT2D eigenvalue weighted by atomic mass is 32.1. The standard InChI is InChI=1S/C19H24N2O2S/c1-4-21(17-11-14(2)10-15(3)12-17)18(22)6-5-8-20-19(23)16-7-9-24-13-16/h7,9-13H,4-6,8H2,1-3H3,(H,20,23). The highest BCUT2D eigenvalue weighted by molar-refractivity contribution is 7.08. The molecule has 2 aromatic rings. The molecule has 0 saturated heterocycles. The van der Waals surface area contributed by atoms with Crippen LogP contribution in [0.1, 0.15) is 41.3 Å². The summed E-state index contributed by atoms with van der Waals surface area (Å²) in [7, 11) is 0. The maximum absolute atomic E-state index is 12.5. The largest absolute Gasteiger partial charge is 0.352 e. The van der Waals surface area contributed by atoms with Crippen LogP contribution in [0.25, 0.3) is 0 Å². The van der Waals surface area contributed by atoms with Crippen LogP contribution < -0.4 is 10.2 Å². The predicted octanol–water partition coefficient (Wildman–Crippen LogP) is 3.93. The van der Waals surface area contributed by atoms with Crippen LogP contribution in [-0.2, 0) is 4.79 Å². The minimum Gasteiger partial charge on any atom is -0.352 e. The van der Waals surface area contributed by atoms with Crippen molar-refractivity contribution in [1.29, 1.82) is 0 Å². The molecular formula is C19H24N2O2S. The lowest BCUT2D eigenvalue weighted by Gasteiger charge is -2.22. The topological polar surface area (TPSA) is 49.4 Å². The first-order valence-corrected chi connectivity index (χ1v) is 9.14. The van der Waals surface area contributed by atoms with Crippen LogP contribution in [-0.4, -0.2) is 24.9 Å². The minimum absolute atomic E-state index is 0.0784. The third-order valence-corrected chi connectivity index (χ3v) is 4.45. The van der Waals surface area contributed by atoms with Crippen LogP contribution in [0.3, 0.4) is 0 Å². The molecule has 1 aromatic heterocycles. The molecule has 5 heteroatoms. The van der Waals surface area contributed by atoms with Gasteiger partial charge in [-0.1, -0.05) is 6.07 Å². The van der Waals surface area contributed by atoms with Crippen LogP contribution in [0, 0.1) is 13.8 Å². The number of thiophene rings is 1. The lowest BCUT2D eigenvalue weighted by Crippen LogP contribution is -2.32. The van der Waals surface area contributed by atoms with Gasteiger partial charge in [0.25, 0.3) is 5.91 Å². The maximum Gasteiger partial charge on any atom is 0.252 e. The molecule has 2 rings (SSSR count). The molecule has 0 aliphatic carbocycles. The summed E-state index contributed by atoms with van der Waals surface area (Å²) in [5, 5.41) is 6.55. The van der Waals surface area contributed by atoms with E-state index in [-0.39, 0.29) is 11.8 Å². The zero-order valence-corrected chi connectivity index (χ0v) is 15.3. The van der Waals surface area contributed by atoms with Gasteiger partial charge in [-0.3, -0.25) is 9.59 Å². The van der Waals surface area contributed by atoms with Crippen molar-refractivity contribution in [2.75, 3.05) is 18.0 Å². The highest BCUT2D eigenvalue weighted by Gasteiger charge is 2.14. The van der Waals surface area contributed by atoms with E-state index in [1.807, 2.05) is 43.7 Å². The number of aryl methyl sites for hydroxylation is 2. The van der Waals surface area contributed by atoms with Gasteiger partial charge in [-0.2, -0.15) is 11.3 Å². The van der Waals surface area contributed by atoms with Crippen LogP contribution in [0.15, 0.2) is 35.0 Å². The molecule has 24 heavy (non-hydrogen) atoms. The molecular weight excluding hydrogens is 320 g/mol. The maximum atomic E-state index is 12.5. The van der Waals surface area contributed by atoms with E-state index in [0.717, 1.165) is 16.8 Å². The van der Waals surface area contributed by atoms with Crippen molar-refractivity contribution < 1.29 is 9.59 Å². The van der Waals surface area contributed by atoms with Crippen molar-refractivity contribution >= 4 is 28.8 Å². The molecule has 128 valence electrons. The van der Waals surface area contributed by atoms with Gasteiger partial charge >= 0.3 is 0 Å². The van der Waals surface area contributed by atoms with Gasteiger partial charge in [0, 0.05) is 36.1 Å². The molecule has 1 N–H and O–H groups in total. The lowest BCUT2D eigenvalue weighted by molar-refractivity contribution is -0.118. The third-order valence-electron chi connectivity index (χ3n) is 3.77. The molecule has 0 atom stereocenters. The van der Waals surface area contributed by atoms with E-state index in [9.17, 15) is 9.59 Å². The van der Waals surface area contributed by atoms with E-state index in [0.29, 0.717) is 31.5 Å². The normalized spacial score (nSPS) is 10.5. The summed E-state index contributed by atoms with van der Waals surface area (Å²) in [6.45, 7) is 7.20. The molecule has 0 saturated carbocycles. The van der Waals surface area contributed by atoms with Crippen molar-refractivity contribution in [2.24, 2.45) is 0 Å². The number of benzene rings is 1. The molecule has 1 heterocycles. The highest BCUT2D eigenvalue weighted by Crippen LogP contribution is 2.19. The SMILES string of the molecule is CCN(C(=O)CCCNC(=O)c1ccsc1)c1cc(C)cc(C)c1. The van der Waals surface area contributed by atoms with Crippen molar-refractivity contribution in [3.63, 3.8) is 0 Å². The van der Waals surface area contributed by atoms with Crippen LogP contribution in [0.5, 0.6) is 0 Å². The number of nitrogens with zero attached hydrogens (tertiary/aromatic N) is 1. The number of amides is 2. The second-order valence-electron chi connectivity index (χ2n) is 5.86. The Hall–Kier alpha value is -2.14. The second kappa shape index (κ2) is 8.64. The van der Waals surface area contributed by atoms with Gasteiger partial charge in [0.1, 0.15) is 0 Å². The first-order valence-electron chi connectivity index (χ1n) is 8.20. The zero-order valence-electron chi connectivity index (χ0n) is 14.5. The molecule has 0 aliphatic heterocycles. The predicted molar refractivity (Wildman–Crippen MR) is 99.8 cm³/mol. The van der Waals surface area contributed by atoms with Crippen LogP contribution in [0.4, 0.5) is 5.69 Å². The average Bonchev–Trinajstić information content (AvgIpc) is 3.05. The van der Waals surface area contributed by atoms with Gasteiger partial charge < -0.3 is 10.2 Å². The number of carbonyl (C=O) groups excluding carboxylic acids is 2. The van der Waals surface area contributed by atoms with Crippen LogP contribution in [0.2, 0.25) is 0 Å². The lowest BCUT2D eigenvalue weighted by atomic mass is 10.1. The molecule has 0 fully saturated rings. The Morgan fingerprint density at radius 3 is 2.46 bits per heavy atom. The summed E-state index contributed by atoms with van der Waals surface area (Å²) >= 11 is 1.50. The summed E-state index contributed by atoms with van der Waals surface area (Å²) < 4.78 is 0. The third kappa shape index (κ3) is 4.93. The number of rotatable bonds is 7. The fraction of sp³-hybridized carbons (Fsp3) is 0.368. The molecule has 0 bridgehead atoms. The Kier molecular flexibility index (Phi) is 6.55. The van der Waals surface area contributed by atoms with Gasteiger partial charge in [0.05, 0.1) is 0 Å². The number of hydrogen-bond acceptors (Lipinski definition) is 3. The Morgan fingerprint density at radius 1 is 1.17 bits per heavy atom. The Labute approximate surface area is 147 Å². The number of anilines is 1. The van der Waals surface area contributed by atoms with E-state index in [1.165, 1.54) is 11.3 Å².